The third-order valence-corrected chi connectivity index (χ3v) is 2.31. The first-order valence-electron chi connectivity index (χ1n) is 4.60. The highest BCUT2D eigenvalue weighted by molar-refractivity contribution is 5.53. The molecule has 0 fully saturated rings. The molecule has 0 spiro atoms. The topological polar surface area (TPSA) is 46.5 Å². The van der Waals surface area contributed by atoms with E-state index in [0.717, 1.165) is 6.29 Å². The molecular weight excluding hydrogens is 199 g/mol. The highest BCUT2D eigenvalue weighted by Gasteiger charge is 2.15. The molecule has 0 aliphatic heterocycles. The Kier molecular flexibility index (Phi) is 3.66. The largest absolute Gasteiger partial charge is 0.504 e. The van der Waals surface area contributed by atoms with Gasteiger partial charge in [0.25, 0.3) is 0 Å². The molecule has 0 heterocycles. The predicted octanol–water partition coefficient (Wildman–Crippen LogP) is 1.98. The first-order valence-corrected chi connectivity index (χ1v) is 4.60. The van der Waals surface area contributed by atoms with Crippen LogP contribution >= 0.6 is 0 Å². The monoisotopic (exact) mass is 212 g/mol. The minimum atomic E-state index is -0.610. The van der Waals surface area contributed by atoms with Crippen LogP contribution in [-0.2, 0) is 11.2 Å². The highest BCUT2D eigenvalue weighted by atomic mass is 19.1. The third kappa shape index (κ3) is 2.26. The van der Waals surface area contributed by atoms with Gasteiger partial charge in [0, 0.05) is 6.42 Å². The van der Waals surface area contributed by atoms with Gasteiger partial charge >= 0.3 is 0 Å². The number of aryl methyl sites for hydroxylation is 1. The van der Waals surface area contributed by atoms with Crippen LogP contribution < -0.4 is 4.74 Å². The minimum absolute atomic E-state index is 0.151. The average molecular weight is 212 g/mol. The molecule has 0 aliphatic carbocycles. The second-order valence-electron chi connectivity index (χ2n) is 3.23. The molecule has 15 heavy (non-hydrogen) atoms. The highest BCUT2D eigenvalue weighted by Crippen LogP contribution is 2.34. The van der Waals surface area contributed by atoms with Crippen molar-refractivity contribution in [2.75, 3.05) is 7.11 Å². The Morgan fingerprint density at radius 1 is 1.60 bits per heavy atom. The lowest BCUT2D eigenvalue weighted by atomic mass is 10.0. The second kappa shape index (κ2) is 4.77. The smallest absolute Gasteiger partial charge is 0.196 e. The Balaban J connectivity index is 3.15. The number of carbonyl (C=O) groups is 1. The molecule has 4 heteroatoms. The third-order valence-electron chi connectivity index (χ3n) is 2.31. The Labute approximate surface area is 87.5 Å². The summed E-state index contributed by atoms with van der Waals surface area (Å²) < 4.78 is 18.1. The lowest BCUT2D eigenvalue weighted by Gasteiger charge is -2.11. The van der Waals surface area contributed by atoms with Crippen LogP contribution in [0.4, 0.5) is 4.39 Å². The molecule has 0 amide bonds. The summed E-state index contributed by atoms with van der Waals surface area (Å²) in [5.41, 5.74) is 1.17. The number of methoxy groups -OCH3 is 1. The van der Waals surface area contributed by atoms with Gasteiger partial charge in [-0.1, -0.05) is 0 Å². The number of carbonyl (C=O) groups excluding carboxylic acids is 1. The SMILES string of the molecule is COc1c(F)cc(CCC=O)c(C)c1O. The molecule has 0 aromatic heterocycles. The quantitative estimate of drug-likeness (QED) is 0.776. The second-order valence-corrected chi connectivity index (χ2v) is 3.23. The molecule has 1 aromatic carbocycles. The van der Waals surface area contributed by atoms with E-state index in [1.165, 1.54) is 13.2 Å². The minimum Gasteiger partial charge on any atom is -0.504 e. The fourth-order valence-electron chi connectivity index (χ4n) is 1.43. The van der Waals surface area contributed by atoms with E-state index < -0.39 is 5.82 Å². The molecule has 1 aromatic rings. The van der Waals surface area contributed by atoms with Crippen LogP contribution in [0.15, 0.2) is 6.07 Å². The van der Waals surface area contributed by atoms with Crippen molar-refractivity contribution >= 4 is 6.29 Å². The number of benzene rings is 1. The first kappa shape index (κ1) is 11.5. The molecule has 0 aliphatic rings. The molecule has 0 saturated heterocycles. The van der Waals surface area contributed by atoms with Gasteiger partial charge in [-0.15, -0.1) is 0 Å². The summed E-state index contributed by atoms with van der Waals surface area (Å²) in [7, 11) is 1.29. The number of phenols is 1. The van der Waals surface area contributed by atoms with Crippen molar-refractivity contribution in [3.05, 3.63) is 23.0 Å². The van der Waals surface area contributed by atoms with Gasteiger partial charge in [0.05, 0.1) is 7.11 Å². The maximum absolute atomic E-state index is 13.3. The molecule has 3 nitrogen and oxygen atoms in total. The fraction of sp³-hybridized carbons (Fsp3) is 0.364. The van der Waals surface area contributed by atoms with E-state index in [2.05, 4.69) is 0 Å². The van der Waals surface area contributed by atoms with Crippen LogP contribution in [0.1, 0.15) is 17.5 Å². The summed E-state index contributed by atoms with van der Waals surface area (Å²) in [4.78, 5) is 10.2. The van der Waals surface area contributed by atoms with E-state index in [1.807, 2.05) is 0 Å². The molecule has 0 atom stereocenters. The van der Waals surface area contributed by atoms with Crippen molar-refractivity contribution in [1.29, 1.82) is 0 Å². The number of hydrogen-bond donors (Lipinski definition) is 1. The van der Waals surface area contributed by atoms with Crippen LogP contribution in [-0.4, -0.2) is 18.5 Å². The summed E-state index contributed by atoms with van der Waals surface area (Å²) in [6.45, 7) is 1.66. The van der Waals surface area contributed by atoms with E-state index in [1.54, 1.807) is 6.92 Å². The summed E-state index contributed by atoms with van der Waals surface area (Å²) in [6.07, 6.45) is 1.49. The standard InChI is InChI=1S/C11H13FO3/c1-7-8(4-3-5-13)6-9(12)11(15-2)10(7)14/h5-6,14H,3-4H2,1-2H3. The van der Waals surface area contributed by atoms with Crippen LogP contribution in [0.3, 0.4) is 0 Å². The maximum atomic E-state index is 13.3. The number of aromatic hydroxyl groups is 1. The van der Waals surface area contributed by atoms with Crippen LogP contribution in [0.2, 0.25) is 0 Å². The molecule has 0 saturated carbocycles. The van der Waals surface area contributed by atoms with Gasteiger partial charge in [-0.3, -0.25) is 0 Å². The molecule has 1 N–H and O–H groups in total. The zero-order valence-electron chi connectivity index (χ0n) is 8.71. The van der Waals surface area contributed by atoms with E-state index >= 15 is 0 Å². The van der Waals surface area contributed by atoms with Crippen LogP contribution in [0.5, 0.6) is 11.5 Å². The van der Waals surface area contributed by atoms with Crippen LogP contribution in [0.25, 0.3) is 0 Å². The Morgan fingerprint density at radius 3 is 2.80 bits per heavy atom. The van der Waals surface area contributed by atoms with Gasteiger partial charge in [-0.25, -0.2) is 4.39 Å². The summed E-state index contributed by atoms with van der Waals surface area (Å²) in [5, 5.41) is 9.61. The average Bonchev–Trinajstić information content (AvgIpc) is 2.22. The Morgan fingerprint density at radius 2 is 2.27 bits per heavy atom. The van der Waals surface area contributed by atoms with Crippen molar-refractivity contribution in [2.24, 2.45) is 0 Å². The Hall–Kier alpha value is -1.58. The van der Waals surface area contributed by atoms with Gasteiger partial charge in [-0.05, 0) is 30.5 Å². The van der Waals surface area contributed by atoms with E-state index in [-0.39, 0.29) is 11.5 Å². The van der Waals surface area contributed by atoms with E-state index in [0.29, 0.717) is 24.0 Å². The number of rotatable bonds is 4. The zero-order valence-corrected chi connectivity index (χ0v) is 8.71. The molecule has 0 bridgehead atoms. The van der Waals surface area contributed by atoms with Crippen molar-refractivity contribution in [3.63, 3.8) is 0 Å². The van der Waals surface area contributed by atoms with Crippen molar-refractivity contribution in [2.45, 2.75) is 19.8 Å². The Bertz CT molecular complexity index is 375. The fourth-order valence-corrected chi connectivity index (χ4v) is 1.43. The lowest BCUT2D eigenvalue weighted by Crippen LogP contribution is -1.97. The zero-order chi connectivity index (χ0) is 11.4. The van der Waals surface area contributed by atoms with Crippen LogP contribution in [0, 0.1) is 12.7 Å². The van der Waals surface area contributed by atoms with Gasteiger partial charge in [0.1, 0.15) is 6.29 Å². The molecule has 82 valence electrons. The van der Waals surface area contributed by atoms with Crippen molar-refractivity contribution in [3.8, 4) is 11.5 Å². The van der Waals surface area contributed by atoms with E-state index in [4.69, 9.17) is 4.74 Å². The summed E-state index contributed by atoms with van der Waals surface area (Å²) in [5.74, 6) is -0.956. The predicted molar refractivity (Wildman–Crippen MR) is 53.7 cm³/mol. The van der Waals surface area contributed by atoms with Gasteiger partial charge in [0.2, 0.25) is 0 Å². The molecule has 1 rings (SSSR count). The summed E-state index contributed by atoms with van der Waals surface area (Å²) >= 11 is 0. The van der Waals surface area contributed by atoms with Gasteiger partial charge in [-0.2, -0.15) is 0 Å². The number of phenolic OH excluding ortho intramolecular Hbond substituents is 1. The molecule has 0 radical (unpaired) electrons. The van der Waals surface area contributed by atoms with Gasteiger partial charge < -0.3 is 14.6 Å². The first-order chi connectivity index (χ1) is 7.11. The molecule has 0 unspecified atom stereocenters. The van der Waals surface area contributed by atoms with Gasteiger partial charge in [0.15, 0.2) is 17.3 Å². The lowest BCUT2D eigenvalue weighted by molar-refractivity contribution is -0.107. The number of hydrogen-bond acceptors (Lipinski definition) is 3. The number of ether oxygens (including phenoxy) is 1. The number of halogens is 1. The summed E-state index contributed by atoms with van der Waals surface area (Å²) in [6, 6.07) is 1.29. The normalized spacial score (nSPS) is 10.1. The molecular formula is C11H13FO3. The maximum Gasteiger partial charge on any atom is 0.196 e. The van der Waals surface area contributed by atoms with Crippen molar-refractivity contribution < 1.29 is 19.0 Å². The van der Waals surface area contributed by atoms with E-state index in [9.17, 15) is 14.3 Å². The van der Waals surface area contributed by atoms with Crippen molar-refractivity contribution in [1.82, 2.24) is 0 Å². The number of aldehydes is 1.